The summed E-state index contributed by atoms with van der Waals surface area (Å²) in [4.78, 5) is 2.49. The van der Waals surface area contributed by atoms with Crippen molar-refractivity contribution in [3.63, 3.8) is 0 Å². The van der Waals surface area contributed by atoms with E-state index in [-0.39, 0.29) is 10.8 Å². The van der Waals surface area contributed by atoms with Gasteiger partial charge in [0.2, 0.25) is 0 Å². The topological polar surface area (TPSA) is 3.24 Å². The second kappa shape index (κ2) is 11.9. The van der Waals surface area contributed by atoms with Crippen molar-refractivity contribution in [2.75, 3.05) is 4.90 Å². The Balaban J connectivity index is 0.969. The molecule has 4 bridgehead atoms. The average Bonchev–Trinajstić information content (AvgIpc) is 3.66. The average molecular weight is 722 g/mol. The van der Waals surface area contributed by atoms with E-state index in [4.69, 9.17) is 0 Å². The molecule has 0 atom stereocenters. The SMILES string of the molecule is CC1(C)c2ccccc2-c2cccc(-c3ccccc3-c3ccc(N(c4ccccc4)c4ccc5c(c4)C4(c6ccccc6-5)C5CC6CC(C5)CC4C6)cc3)c21. The summed E-state index contributed by atoms with van der Waals surface area (Å²) >= 11 is 0. The van der Waals surface area contributed by atoms with Gasteiger partial charge in [-0.05, 0) is 159 Å². The molecule has 1 nitrogen and oxygen atoms in total. The first kappa shape index (κ1) is 32.6. The Bertz CT molecular complexity index is 2650. The van der Waals surface area contributed by atoms with Crippen molar-refractivity contribution in [3.05, 3.63) is 186 Å². The smallest absolute Gasteiger partial charge is 0.0465 e. The second-order valence-electron chi connectivity index (χ2n) is 18.1. The van der Waals surface area contributed by atoms with Crippen LogP contribution in [0.4, 0.5) is 17.1 Å². The number of anilines is 3. The molecule has 0 unspecified atom stereocenters. The van der Waals surface area contributed by atoms with Gasteiger partial charge in [0.25, 0.3) is 0 Å². The van der Waals surface area contributed by atoms with Crippen LogP contribution in [-0.2, 0) is 10.8 Å². The van der Waals surface area contributed by atoms with Crippen molar-refractivity contribution in [2.24, 2.45) is 23.7 Å². The van der Waals surface area contributed by atoms with E-state index < -0.39 is 0 Å². The van der Waals surface area contributed by atoms with Crippen LogP contribution in [0, 0.1) is 23.7 Å². The molecule has 272 valence electrons. The summed E-state index contributed by atoms with van der Waals surface area (Å²) in [5.74, 6) is 3.34. The third-order valence-corrected chi connectivity index (χ3v) is 15.0. The number of hydrogen-bond acceptors (Lipinski definition) is 1. The quantitative estimate of drug-likeness (QED) is 0.171. The minimum Gasteiger partial charge on any atom is -0.310 e. The van der Waals surface area contributed by atoms with E-state index in [0.29, 0.717) is 0 Å². The highest BCUT2D eigenvalue weighted by molar-refractivity contribution is 5.93. The number of hydrogen-bond donors (Lipinski definition) is 0. The van der Waals surface area contributed by atoms with Crippen molar-refractivity contribution in [1.82, 2.24) is 0 Å². The summed E-state index contributed by atoms with van der Waals surface area (Å²) < 4.78 is 0. The Morgan fingerprint density at radius 3 is 1.59 bits per heavy atom. The molecule has 4 fully saturated rings. The van der Waals surface area contributed by atoms with Gasteiger partial charge >= 0.3 is 0 Å². The Morgan fingerprint density at radius 1 is 0.393 bits per heavy atom. The van der Waals surface area contributed by atoms with Crippen LogP contribution in [-0.4, -0.2) is 0 Å². The third-order valence-electron chi connectivity index (χ3n) is 15.0. The molecule has 0 heterocycles. The van der Waals surface area contributed by atoms with Gasteiger partial charge in [0.15, 0.2) is 0 Å². The molecule has 0 amide bonds. The minimum atomic E-state index is -0.0812. The van der Waals surface area contributed by atoms with Crippen LogP contribution >= 0.6 is 0 Å². The zero-order valence-corrected chi connectivity index (χ0v) is 32.4. The lowest BCUT2D eigenvalue weighted by Gasteiger charge is -2.61. The lowest BCUT2D eigenvalue weighted by Crippen LogP contribution is -2.55. The molecule has 7 aromatic rings. The lowest BCUT2D eigenvalue weighted by molar-refractivity contribution is -0.0399. The van der Waals surface area contributed by atoms with Gasteiger partial charge in [-0.25, -0.2) is 0 Å². The third kappa shape index (κ3) is 4.43. The maximum atomic E-state index is 2.61. The highest BCUT2D eigenvalue weighted by atomic mass is 15.1. The maximum absolute atomic E-state index is 2.61. The number of rotatable bonds is 5. The Kier molecular flexibility index (Phi) is 6.93. The molecule has 0 N–H and O–H groups in total. The standard InChI is InChI=1S/C55H47N/c1-54(2)50-21-10-8-18-46(50)49-20-12-19-48(53(49)54)44-16-7-6-15-43(44)37-23-25-41(26-24-37)56(40-13-4-3-5-14-40)42-27-28-47-45-17-9-11-22-51(45)55(52(47)34-42)38-30-35-29-36(32-38)33-39(55)31-35/h3-28,34-36,38-39H,29-33H2,1-2H3. The molecule has 0 saturated heterocycles. The van der Waals surface area contributed by atoms with Gasteiger partial charge in [0.1, 0.15) is 0 Å². The zero-order chi connectivity index (χ0) is 37.2. The number of fused-ring (bicyclic) bond motifs is 6. The first-order valence-corrected chi connectivity index (χ1v) is 21.0. The minimum absolute atomic E-state index is 0.0812. The number of benzene rings is 7. The molecule has 1 heteroatoms. The van der Waals surface area contributed by atoms with E-state index in [1.54, 1.807) is 11.1 Å². The van der Waals surface area contributed by atoms with Crippen molar-refractivity contribution in [2.45, 2.75) is 56.8 Å². The van der Waals surface area contributed by atoms with Gasteiger partial charge < -0.3 is 4.90 Å². The lowest BCUT2D eigenvalue weighted by atomic mass is 9.43. The van der Waals surface area contributed by atoms with Crippen molar-refractivity contribution in [3.8, 4) is 44.5 Å². The molecule has 6 aliphatic rings. The van der Waals surface area contributed by atoms with Gasteiger partial charge in [-0.15, -0.1) is 0 Å². The van der Waals surface area contributed by atoms with Crippen LogP contribution in [0.2, 0.25) is 0 Å². The zero-order valence-electron chi connectivity index (χ0n) is 32.4. The molecular weight excluding hydrogens is 675 g/mol. The van der Waals surface area contributed by atoms with Crippen LogP contribution in [0.5, 0.6) is 0 Å². The summed E-state index contributed by atoms with van der Waals surface area (Å²) in [6.45, 7) is 4.78. The van der Waals surface area contributed by atoms with E-state index in [0.717, 1.165) is 23.7 Å². The fourth-order valence-electron chi connectivity index (χ4n) is 13.1. The van der Waals surface area contributed by atoms with Crippen LogP contribution in [0.3, 0.4) is 0 Å². The summed E-state index contributed by atoms with van der Waals surface area (Å²) in [5.41, 5.74) is 20.5. The number of nitrogens with zero attached hydrogens (tertiary/aromatic N) is 1. The monoisotopic (exact) mass is 721 g/mol. The van der Waals surface area contributed by atoms with Gasteiger partial charge in [0.05, 0.1) is 0 Å². The van der Waals surface area contributed by atoms with Gasteiger partial charge in [-0.1, -0.05) is 141 Å². The fourth-order valence-corrected chi connectivity index (χ4v) is 13.1. The summed E-state index contributed by atoms with van der Waals surface area (Å²) in [7, 11) is 0. The fraction of sp³-hybridized carbons (Fsp3) is 0.236. The summed E-state index contributed by atoms with van der Waals surface area (Å²) in [6, 6.07) is 62.1. The second-order valence-corrected chi connectivity index (χ2v) is 18.1. The van der Waals surface area contributed by atoms with Crippen LogP contribution < -0.4 is 4.90 Å². The van der Waals surface area contributed by atoms with Gasteiger partial charge in [0, 0.05) is 27.9 Å². The van der Waals surface area contributed by atoms with E-state index >= 15 is 0 Å². The molecule has 6 aliphatic carbocycles. The van der Waals surface area contributed by atoms with Crippen molar-refractivity contribution < 1.29 is 0 Å². The van der Waals surface area contributed by atoms with Gasteiger partial charge in [-0.3, -0.25) is 0 Å². The van der Waals surface area contributed by atoms with E-state index in [1.807, 2.05) is 0 Å². The van der Waals surface area contributed by atoms with Crippen LogP contribution in [0.25, 0.3) is 44.5 Å². The Labute approximate surface area is 331 Å². The predicted molar refractivity (Wildman–Crippen MR) is 233 cm³/mol. The Morgan fingerprint density at radius 2 is 0.893 bits per heavy atom. The molecule has 1 spiro atoms. The highest BCUT2D eigenvalue weighted by Crippen LogP contribution is 2.69. The predicted octanol–water partition coefficient (Wildman–Crippen LogP) is 14.5. The van der Waals surface area contributed by atoms with E-state index in [9.17, 15) is 0 Å². The summed E-state index contributed by atoms with van der Waals surface area (Å²) in [5, 5.41) is 0. The molecule has 56 heavy (non-hydrogen) atoms. The van der Waals surface area contributed by atoms with E-state index in [2.05, 4.69) is 183 Å². The molecule has 0 radical (unpaired) electrons. The van der Waals surface area contributed by atoms with E-state index in [1.165, 1.54) is 105 Å². The molecule has 0 aromatic heterocycles. The molecule has 7 aromatic carbocycles. The highest BCUT2D eigenvalue weighted by Gasteiger charge is 2.61. The maximum Gasteiger partial charge on any atom is 0.0465 e. The summed E-state index contributed by atoms with van der Waals surface area (Å²) in [6.07, 6.45) is 7.05. The first-order chi connectivity index (χ1) is 27.5. The van der Waals surface area contributed by atoms with Crippen molar-refractivity contribution in [1.29, 1.82) is 0 Å². The molecular formula is C55H47N. The van der Waals surface area contributed by atoms with Crippen molar-refractivity contribution >= 4 is 17.1 Å². The first-order valence-electron chi connectivity index (χ1n) is 21.0. The van der Waals surface area contributed by atoms with Gasteiger partial charge in [-0.2, -0.15) is 0 Å². The molecule has 0 aliphatic heterocycles. The van der Waals surface area contributed by atoms with Crippen LogP contribution in [0.1, 0.15) is 68.2 Å². The normalized spacial score (nSPS) is 24.1. The number of para-hydroxylation sites is 1. The Hall–Kier alpha value is -5.66. The molecule has 13 rings (SSSR count). The molecule has 4 saturated carbocycles. The largest absolute Gasteiger partial charge is 0.310 e. The van der Waals surface area contributed by atoms with Crippen LogP contribution in [0.15, 0.2) is 164 Å².